The second kappa shape index (κ2) is 12.6. The first-order valence-electron chi connectivity index (χ1n) is 14.1. The summed E-state index contributed by atoms with van der Waals surface area (Å²) in [6.07, 6.45) is 1.80. The van der Waals surface area contributed by atoms with Gasteiger partial charge in [0.25, 0.3) is 5.56 Å². The average Bonchev–Trinajstić information content (AvgIpc) is 3.33. The number of thiazole rings is 1. The molecule has 0 saturated heterocycles. The molecule has 0 saturated carbocycles. The Kier molecular flexibility index (Phi) is 8.50. The fraction of sp³-hybridized carbons (Fsp3) is 0.171. The third-order valence-corrected chi connectivity index (χ3v) is 9.01. The lowest BCUT2D eigenvalue weighted by Crippen LogP contribution is -2.39. The van der Waals surface area contributed by atoms with Crippen molar-refractivity contribution in [2.45, 2.75) is 26.5 Å². The number of aromatic nitrogens is 1. The molecule has 0 amide bonds. The summed E-state index contributed by atoms with van der Waals surface area (Å²) in [6.45, 7) is 4.11. The van der Waals surface area contributed by atoms with Crippen molar-refractivity contribution < 1.29 is 19.0 Å². The number of benzene rings is 4. The van der Waals surface area contributed by atoms with Gasteiger partial charge in [-0.2, -0.15) is 0 Å². The van der Waals surface area contributed by atoms with E-state index in [2.05, 4.69) is 45.2 Å². The van der Waals surface area contributed by atoms with Gasteiger partial charge in [-0.05, 0) is 75.4 Å². The Morgan fingerprint density at radius 3 is 2.57 bits per heavy atom. The number of rotatable bonds is 8. The Balaban J connectivity index is 1.39. The van der Waals surface area contributed by atoms with Gasteiger partial charge in [0, 0.05) is 0 Å². The Morgan fingerprint density at radius 1 is 1.05 bits per heavy atom. The van der Waals surface area contributed by atoms with Gasteiger partial charge in [-0.3, -0.25) is 9.36 Å². The van der Waals surface area contributed by atoms with Crippen LogP contribution in [0.15, 0.2) is 110 Å². The summed E-state index contributed by atoms with van der Waals surface area (Å²) < 4.78 is 20.1. The highest BCUT2D eigenvalue weighted by molar-refractivity contribution is 9.10. The second-order valence-corrected chi connectivity index (χ2v) is 12.0. The highest BCUT2D eigenvalue weighted by atomic mass is 79.9. The van der Waals surface area contributed by atoms with Crippen LogP contribution in [-0.4, -0.2) is 24.3 Å². The number of carbonyl (C=O) groups excluding carboxylic acids is 1. The van der Waals surface area contributed by atoms with E-state index in [9.17, 15) is 9.59 Å². The summed E-state index contributed by atoms with van der Waals surface area (Å²) in [5.41, 5.74) is 3.25. The Bertz CT molecular complexity index is 2090. The van der Waals surface area contributed by atoms with Crippen LogP contribution in [0.4, 0.5) is 0 Å². The van der Waals surface area contributed by atoms with Crippen molar-refractivity contribution in [2.24, 2.45) is 4.99 Å². The van der Waals surface area contributed by atoms with Crippen LogP contribution < -0.4 is 24.4 Å². The van der Waals surface area contributed by atoms with E-state index in [0.29, 0.717) is 43.2 Å². The van der Waals surface area contributed by atoms with Gasteiger partial charge >= 0.3 is 5.97 Å². The molecule has 1 atom stereocenters. The predicted molar refractivity (Wildman–Crippen MR) is 176 cm³/mol. The highest BCUT2D eigenvalue weighted by Crippen LogP contribution is 2.38. The monoisotopic (exact) mass is 668 g/mol. The standard InChI is InChI=1S/C35H29BrN2O5S/c1-4-42-34(40)30-21(2)37-35-38(31(30)24-12-6-5-7-13-24)33(39)29(44-35)19-22-17-27(36)32(28(18-22)41-3)43-20-25-15-10-14-23-11-8-9-16-26(23)25/h5-19,31H,4,20H2,1-3H3. The average molecular weight is 670 g/mol. The maximum atomic E-state index is 13.9. The maximum absolute atomic E-state index is 13.9. The molecule has 222 valence electrons. The third kappa shape index (κ3) is 5.60. The first-order chi connectivity index (χ1) is 21.4. The quantitative estimate of drug-likeness (QED) is 0.181. The van der Waals surface area contributed by atoms with Gasteiger partial charge in [-0.25, -0.2) is 9.79 Å². The molecular formula is C35H29BrN2O5S. The molecule has 0 spiro atoms. The molecule has 1 aliphatic rings. The number of ether oxygens (including phenoxy) is 3. The van der Waals surface area contributed by atoms with Gasteiger partial charge in [-0.15, -0.1) is 0 Å². The van der Waals surface area contributed by atoms with Gasteiger partial charge in [0.1, 0.15) is 6.61 Å². The summed E-state index contributed by atoms with van der Waals surface area (Å²) >= 11 is 4.93. The van der Waals surface area contributed by atoms with Crippen LogP contribution in [0.3, 0.4) is 0 Å². The predicted octanol–water partition coefficient (Wildman–Crippen LogP) is 6.30. The summed E-state index contributed by atoms with van der Waals surface area (Å²) in [5, 5.41) is 2.28. The number of methoxy groups -OCH3 is 1. The molecule has 1 aromatic heterocycles. The minimum Gasteiger partial charge on any atom is -0.493 e. The van der Waals surface area contributed by atoms with E-state index in [0.717, 1.165) is 27.5 Å². The van der Waals surface area contributed by atoms with Crippen LogP contribution in [0.5, 0.6) is 11.5 Å². The second-order valence-electron chi connectivity index (χ2n) is 10.2. The van der Waals surface area contributed by atoms with Crippen molar-refractivity contribution in [1.82, 2.24) is 4.57 Å². The van der Waals surface area contributed by atoms with E-state index in [4.69, 9.17) is 14.2 Å². The number of fused-ring (bicyclic) bond motifs is 2. The molecule has 2 heterocycles. The van der Waals surface area contributed by atoms with Crippen molar-refractivity contribution in [2.75, 3.05) is 13.7 Å². The first kappa shape index (κ1) is 29.6. The summed E-state index contributed by atoms with van der Waals surface area (Å²) in [6, 6.07) is 26.9. The molecule has 0 radical (unpaired) electrons. The fourth-order valence-electron chi connectivity index (χ4n) is 5.43. The zero-order valence-corrected chi connectivity index (χ0v) is 26.8. The van der Waals surface area contributed by atoms with Crippen LogP contribution in [-0.2, 0) is 16.1 Å². The Hall–Kier alpha value is -4.47. The van der Waals surface area contributed by atoms with Gasteiger partial charge < -0.3 is 14.2 Å². The Labute approximate surface area is 266 Å². The molecule has 9 heteroatoms. The summed E-state index contributed by atoms with van der Waals surface area (Å²) in [5.74, 6) is 0.615. The number of esters is 1. The molecule has 5 aromatic rings. The maximum Gasteiger partial charge on any atom is 0.338 e. The molecule has 0 bridgehead atoms. The molecular weight excluding hydrogens is 640 g/mol. The van der Waals surface area contributed by atoms with Crippen molar-refractivity contribution >= 4 is 50.1 Å². The lowest BCUT2D eigenvalue weighted by Gasteiger charge is -2.24. The number of carbonyl (C=O) groups is 1. The van der Waals surface area contributed by atoms with Gasteiger partial charge in [0.2, 0.25) is 0 Å². The van der Waals surface area contributed by atoms with Crippen molar-refractivity contribution in [3.8, 4) is 11.5 Å². The van der Waals surface area contributed by atoms with Crippen LogP contribution >= 0.6 is 27.3 Å². The van der Waals surface area contributed by atoms with Crippen molar-refractivity contribution in [3.63, 3.8) is 0 Å². The minimum atomic E-state index is -0.653. The number of hydrogen-bond donors (Lipinski definition) is 0. The minimum absolute atomic E-state index is 0.222. The molecule has 7 nitrogen and oxygen atoms in total. The van der Waals surface area contributed by atoms with E-state index in [1.165, 1.54) is 11.3 Å². The van der Waals surface area contributed by atoms with Crippen LogP contribution in [0.2, 0.25) is 0 Å². The van der Waals surface area contributed by atoms with E-state index >= 15 is 0 Å². The van der Waals surface area contributed by atoms with Gasteiger partial charge in [-0.1, -0.05) is 84.1 Å². The zero-order chi connectivity index (χ0) is 30.8. The molecule has 4 aromatic carbocycles. The fourth-order valence-corrected chi connectivity index (χ4v) is 7.05. The van der Waals surface area contributed by atoms with E-state index in [1.54, 1.807) is 31.6 Å². The SMILES string of the molecule is CCOC(=O)C1=C(C)N=c2sc(=Cc3cc(Br)c(OCc4cccc5ccccc45)c(OC)c3)c(=O)n2C1c1ccccc1. The molecule has 1 aliphatic heterocycles. The number of halogens is 1. The molecule has 0 aliphatic carbocycles. The molecule has 1 unspecified atom stereocenters. The normalized spacial score (nSPS) is 14.7. The Morgan fingerprint density at radius 2 is 1.80 bits per heavy atom. The van der Waals surface area contributed by atoms with Crippen LogP contribution in [0.25, 0.3) is 16.8 Å². The number of hydrogen-bond acceptors (Lipinski definition) is 7. The summed E-state index contributed by atoms with van der Waals surface area (Å²) in [4.78, 5) is 32.2. The van der Waals surface area contributed by atoms with Crippen molar-refractivity contribution in [3.05, 3.63) is 137 Å². The topological polar surface area (TPSA) is 79.1 Å². The molecule has 0 N–H and O–H groups in total. The molecule has 44 heavy (non-hydrogen) atoms. The molecule has 6 rings (SSSR count). The first-order valence-corrected chi connectivity index (χ1v) is 15.7. The zero-order valence-electron chi connectivity index (χ0n) is 24.4. The summed E-state index contributed by atoms with van der Waals surface area (Å²) in [7, 11) is 1.59. The largest absolute Gasteiger partial charge is 0.493 e. The van der Waals surface area contributed by atoms with E-state index in [1.807, 2.05) is 60.7 Å². The highest BCUT2D eigenvalue weighted by Gasteiger charge is 2.33. The van der Waals surface area contributed by atoms with Crippen LogP contribution in [0.1, 0.15) is 36.6 Å². The lowest BCUT2D eigenvalue weighted by atomic mass is 9.96. The number of allylic oxidation sites excluding steroid dienone is 1. The molecule has 0 fully saturated rings. The van der Waals surface area contributed by atoms with Crippen LogP contribution in [0, 0.1) is 0 Å². The van der Waals surface area contributed by atoms with Crippen molar-refractivity contribution in [1.29, 1.82) is 0 Å². The smallest absolute Gasteiger partial charge is 0.338 e. The lowest BCUT2D eigenvalue weighted by molar-refractivity contribution is -0.139. The van der Waals surface area contributed by atoms with Gasteiger partial charge in [0.15, 0.2) is 16.3 Å². The van der Waals surface area contributed by atoms with Gasteiger partial charge in [0.05, 0.1) is 40.0 Å². The number of nitrogens with zero attached hydrogens (tertiary/aromatic N) is 2. The van der Waals surface area contributed by atoms with E-state index in [-0.39, 0.29) is 12.2 Å². The van der Waals surface area contributed by atoms with E-state index < -0.39 is 12.0 Å². The third-order valence-electron chi connectivity index (χ3n) is 7.43.